The number of ether oxygens (including phenoxy) is 1. The lowest BCUT2D eigenvalue weighted by molar-refractivity contribution is -0.148. The molecule has 0 saturated heterocycles. The number of halogens is 6. The summed E-state index contributed by atoms with van der Waals surface area (Å²) in [5, 5.41) is 0. The number of alkyl halides is 3. The summed E-state index contributed by atoms with van der Waals surface area (Å²) in [5.74, 6) is -6.59. The quantitative estimate of drug-likeness (QED) is 0.278. The number of nitrogens with zero attached hydrogens (tertiary/aromatic N) is 3. The Morgan fingerprint density at radius 2 is 1.71 bits per heavy atom. The fourth-order valence-corrected chi connectivity index (χ4v) is 4.18. The van der Waals surface area contributed by atoms with Crippen LogP contribution in [0.2, 0.25) is 0 Å². The Morgan fingerprint density at radius 3 is 2.39 bits per heavy atom. The third-order valence-corrected chi connectivity index (χ3v) is 6.03. The number of imidazole rings is 1. The Hall–Kier alpha value is -3.87. The molecule has 0 saturated carbocycles. The van der Waals surface area contributed by atoms with E-state index < -0.39 is 53.1 Å². The number of hydrogen-bond acceptors (Lipinski definition) is 5. The molecule has 0 fully saturated rings. The number of aromatic nitrogens is 2. The van der Waals surface area contributed by atoms with E-state index in [0.29, 0.717) is 17.7 Å². The lowest BCUT2D eigenvalue weighted by Gasteiger charge is -2.30. The van der Waals surface area contributed by atoms with Crippen molar-refractivity contribution in [2.45, 2.75) is 44.8 Å². The van der Waals surface area contributed by atoms with Crippen LogP contribution in [0.5, 0.6) is 0 Å². The summed E-state index contributed by atoms with van der Waals surface area (Å²) >= 11 is 0. The zero-order valence-corrected chi connectivity index (χ0v) is 19.8. The van der Waals surface area contributed by atoms with Gasteiger partial charge in [0.15, 0.2) is 17.3 Å². The number of rotatable bonds is 7. The van der Waals surface area contributed by atoms with Gasteiger partial charge in [0.1, 0.15) is 12.4 Å². The molecule has 1 aliphatic rings. The Morgan fingerprint density at radius 1 is 1.03 bits per heavy atom. The minimum Gasteiger partial charge on any atom is -0.456 e. The standard InChI is InChI=1S/C25H22F6N4O3/c26-17-11-19(28)18(27)9-15(17)8-16(32)10-21(36)34-6-7-35-20(12-34)22(33-24(35)25(29,30)31)23(37)38-13-14-4-2-1-3-5-14/h1-5,9,11,16H,6-8,10,12-13,32H2. The van der Waals surface area contributed by atoms with Crippen LogP contribution in [0.4, 0.5) is 26.3 Å². The van der Waals surface area contributed by atoms with Gasteiger partial charge in [0, 0.05) is 31.6 Å². The molecular formula is C25H22F6N4O3. The van der Waals surface area contributed by atoms with E-state index in [1.807, 2.05) is 0 Å². The van der Waals surface area contributed by atoms with Gasteiger partial charge < -0.3 is 19.9 Å². The number of benzene rings is 2. The topological polar surface area (TPSA) is 90.5 Å². The highest BCUT2D eigenvalue weighted by Crippen LogP contribution is 2.33. The molecule has 202 valence electrons. The average Bonchev–Trinajstić information content (AvgIpc) is 3.26. The smallest absolute Gasteiger partial charge is 0.449 e. The molecule has 2 heterocycles. The highest BCUT2D eigenvalue weighted by atomic mass is 19.4. The fraction of sp³-hybridized carbons (Fsp3) is 0.320. The highest BCUT2D eigenvalue weighted by Gasteiger charge is 2.42. The second kappa shape index (κ2) is 10.9. The zero-order chi connectivity index (χ0) is 27.6. The average molecular weight is 540 g/mol. The molecule has 3 aromatic rings. The first-order valence-corrected chi connectivity index (χ1v) is 11.5. The molecule has 0 spiro atoms. The maximum Gasteiger partial charge on any atom is 0.449 e. The predicted molar refractivity (Wildman–Crippen MR) is 121 cm³/mol. The molecule has 2 N–H and O–H groups in total. The van der Waals surface area contributed by atoms with Crippen molar-refractivity contribution in [2.24, 2.45) is 5.73 Å². The summed E-state index contributed by atoms with van der Waals surface area (Å²) in [6, 6.07) is 8.55. The molecule has 7 nitrogen and oxygen atoms in total. The number of amides is 1. The first-order chi connectivity index (χ1) is 17.9. The van der Waals surface area contributed by atoms with E-state index in [1.54, 1.807) is 30.3 Å². The molecule has 38 heavy (non-hydrogen) atoms. The van der Waals surface area contributed by atoms with E-state index in [0.717, 1.165) is 4.57 Å². The Kier molecular flexibility index (Phi) is 7.76. The summed E-state index contributed by atoms with van der Waals surface area (Å²) in [4.78, 5) is 30.3. The Labute approximate surface area is 212 Å². The predicted octanol–water partition coefficient (Wildman–Crippen LogP) is 3.98. The number of carbonyl (C=O) groups excluding carboxylic acids is 2. The maximum absolute atomic E-state index is 13.9. The molecule has 13 heteroatoms. The third-order valence-electron chi connectivity index (χ3n) is 6.03. The van der Waals surface area contributed by atoms with Gasteiger partial charge in [0.05, 0.1) is 12.2 Å². The van der Waals surface area contributed by atoms with E-state index in [4.69, 9.17) is 10.5 Å². The largest absolute Gasteiger partial charge is 0.456 e. The van der Waals surface area contributed by atoms with Crippen LogP contribution >= 0.6 is 0 Å². The van der Waals surface area contributed by atoms with Crippen molar-refractivity contribution in [3.05, 3.63) is 88.3 Å². The second-order valence-corrected chi connectivity index (χ2v) is 8.78. The minimum atomic E-state index is -4.85. The SMILES string of the molecule is NC(CC(=O)N1CCn2c(C(F)(F)F)nc(C(=O)OCc3ccccc3)c2C1)Cc1cc(F)c(F)cc1F. The summed E-state index contributed by atoms with van der Waals surface area (Å²) in [5.41, 5.74) is 5.62. The van der Waals surface area contributed by atoms with Gasteiger partial charge in [-0.1, -0.05) is 30.3 Å². The lowest BCUT2D eigenvalue weighted by atomic mass is 10.0. The van der Waals surface area contributed by atoms with Gasteiger partial charge >= 0.3 is 12.1 Å². The molecule has 0 bridgehead atoms. The van der Waals surface area contributed by atoms with Crippen LogP contribution in [0.3, 0.4) is 0 Å². The zero-order valence-electron chi connectivity index (χ0n) is 19.8. The van der Waals surface area contributed by atoms with Crippen molar-refractivity contribution in [3.63, 3.8) is 0 Å². The van der Waals surface area contributed by atoms with E-state index in [1.165, 1.54) is 4.90 Å². The molecule has 4 rings (SSSR count). The maximum atomic E-state index is 13.9. The van der Waals surface area contributed by atoms with Crippen LogP contribution < -0.4 is 5.73 Å². The second-order valence-electron chi connectivity index (χ2n) is 8.78. The number of hydrogen-bond donors (Lipinski definition) is 1. The number of esters is 1. The molecule has 1 atom stereocenters. The first-order valence-electron chi connectivity index (χ1n) is 11.5. The van der Waals surface area contributed by atoms with Gasteiger partial charge in [-0.3, -0.25) is 4.79 Å². The lowest BCUT2D eigenvalue weighted by Crippen LogP contribution is -2.42. The number of carbonyl (C=O) groups is 2. The molecule has 1 unspecified atom stereocenters. The van der Waals surface area contributed by atoms with Crippen molar-refractivity contribution in [2.75, 3.05) is 6.54 Å². The molecule has 0 radical (unpaired) electrons. The van der Waals surface area contributed by atoms with Crippen LogP contribution in [0.1, 0.15) is 39.6 Å². The van der Waals surface area contributed by atoms with Gasteiger partial charge in [0.2, 0.25) is 11.7 Å². The van der Waals surface area contributed by atoms with Crippen LogP contribution in [-0.2, 0) is 41.8 Å². The summed E-state index contributed by atoms with van der Waals surface area (Å²) in [7, 11) is 0. The highest BCUT2D eigenvalue weighted by molar-refractivity contribution is 5.89. The molecule has 2 aromatic carbocycles. The summed E-state index contributed by atoms with van der Waals surface area (Å²) in [6.07, 6.45) is -5.49. The van der Waals surface area contributed by atoms with Crippen molar-refractivity contribution in [1.82, 2.24) is 14.5 Å². The van der Waals surface area contributed by atoms with Gasteiger partial charge in [-0.05, 0) is 23.6 Å². The van der Waals surface area contributed by atoms with Crippen LogP contribution in [0.15, 0.2) is 42.5 Å². The van der Waals surface area contributed by atoms with Crippen molar-refractivity contribution >= 4 is 11.9 Å². The number of fused-ring (bicyclic) bond motifs is 1. The third kappa shape index (κ3) is 5.98. The van der Waals surface area contributed by atoms with E-state index in [-0.39, 0.29) is 50.3 Å². The van der Waals surface area contributed by atoms with Crippen LogP contribution in [0, 0.1) is 17.5 Å². The Balaban J connectivity index is 1.48. The van der Waals surface area contributed by atoms with Gasteiger partial charge in [-0.25, -0.2) is 22.9 Å². The van der Waals surface area contributed by atoms with Gasteiger partial charge in [-0.2, -0.15) is 13.2 Å². The van der Waals surface area contributed by atoms with Crippen molar-refractivity contribution < 1.29 is 40.7 Å². The van der Waals surface area contributed by atoms with Crippen LogP contribution in [-0.4, -0.2) is 38.9 Å². The Bertz CT molecular complexity index is 1340. The fourth-order valence-electron chi connectivity index (χ4n) is 4.18. The normalized spacial score (nSPS) is 14.2. The molecule has 1 aromatic heterocycles. The van der Waals surface area contributed by atoms with Crippen molar-refractivity contribution in [1.29, 1.82) is 0 Å². The van der Waals surface area contributed by atoms with Gasteiger partial charge in [-0.15, -0.1) is 0 Å². The number of nitrogens with two attached hydrogens (primary N) is 1. The molecule has 1 amide bonds. The minimum absolute atomic E-state index is 0.129. The van der Waals surface area contributed by atoms with E-state index in [2.05, 4.69) is 4.98 Å². The van der Waals surface area contributed by atoms with E-state index >= 15 is 0 Å². The first kappa shape index (κ1) is 27.2. The van der Waals surface area contributed by atoms with Gasteiger partial charge in [0.25, 0.3) is 0 Å². The molecule has 0 aliphatic carbocycles. The monoisotopic (exact) mass is 540 g/mol. The molecule has 1 aliphatic heterocycles. The van der Waals surface area contributed by atoms with Crippen molar-refractivity contribution in [3.8, 4) is 0 Å². The molecular weight excluding hydrogens is 518 g/mol. The van der Waals surface area contributed by atoms with Crippen LogP contribution in [0.25, 0.3) is 0 Å². The summed E-state index contributed by atoms with van der Waals surface area (Å²) < 4.78 is 87.4. The van der Waals surface area contributed by atoms with E-state index in [9.17, 15) is 35.9 Å². The summed E-state index contributed by atoms with van der Waals surface area (Å²) in [6.45, 7) is -0.979.